The summed E-state index contributed by atoms with van der Waals surface area (Å²) in [7, 11) is -3.76. The van der Waals surface area contributed by atoms with Gasteiger partial charge < -0.3 is 24.5 Å². The number of aliphatic hydroxyl groups excluding tert-OH is 1. The second kappa shape index (κ2) is 11.5. The van der Waals surface area contributed by atoms with Crippen molar-refractivity contribution < 1.29 is 22.5 Å². The Balaban J connectivity index is 1.41. The van der Waals surface area contributed by atoms with E-state index >= 15 is 0 Å². The number of benzene rings is 2. The molecule has 2 aromatic carbocycles. The smallest absolute Gasteiger partial charge is 0.311 e. The Hall–Kier alpha value is -2.88. The number of hydrogen-bond acceptors (Lipinski definition) is 6. The first-order valence-electron chi connectivity index (χ1n) is 13.7. The van der Waals surface area contributed by atoms with Crippen molar-refractivity contribution in [2.45, 2.75) is 76.6 Å². The number of carbonyl (C=O) groups excluding carboxylic acids is 1. The van der Waals surface area contributed by atoms with E-state index in [0.717, 1.165) is 35.8 Å². The van der Waals surface area contributed by atoms with Gasteiger partial charge in [-0.3, -0.25) is 4.79 Å². The molecule has 1 aliphatic carbocycles. The molecule has 3 aromatic rings. The van der Waals surface area contributed by atoms with Gasteiger partial charge in [0, 0.05) is 36.3 Å². The number of nitrogens with zero attached hydrogens (tertiary/aromatic N) is 1. The summed E-state index contributed by atoms with van der Waals surface area (Å²) in [6, 6.07) is 12.9. The summed E-state index contributed by atoms with van der Waals surface area (Å²) in [5.74, 6) is -0.333. The van der Waals surface area contributed by atoms with Gasteiger partial charge in [0.25, 0.3) is 5.91 Å². The van der Waals surface area contributed by atoms with Crippen LogP contribution in [0.4, 0.5) is 0 Å². The molecular weight excluding hydrogens is 502 g/mol. The lowest BCUT2D eigenvalue weighted by Gasteiger charge is -2.28. The van der Waals surface area contributed by atoms with Crippen molar-refractivity contribution in [3.8, 4) is 5.75 Å². The van der Waals surface area contributed by atoms with Crippen LogP contribution < -0.4 is 14.8 Å². The van der Waals surface area contributed by atoms with E-state index in [0.29, 0.717) is 36.6 Å². The molecule has 2 heterocycles. The third-order valence-corrected chi connectivity index (χ3v) is 8.88. The highest BCUT2D eigenvalue weighted by molar-refractivity contribution is 7.87. The highest BCUT2D eigenvalue weighted by Crippen LogP contribution is 2.35. The van der Waals surface area contributed by atoms with Crippen molar-refractivity contribution in [3.05, 3.63) is 65.4 Å². The molecule has 1 aliphatic heterocycles. The molecule has 0 bridgehead atoms. The van der Waals surface area contributed by atoms with Crippen LogP contribution in [0.2, 0.25) is 0 Å². The maximum absolute atomic E-state index is 13.6. The molecule has 204 valence electrons. The SMILES string of the molecule is CCc1cn2c3c(cc(C(=O)N[C@@H](Cc4ccccc4)[C@H](O)CNC4CCCCC4)cc13)OS(=O)(=O)CC2. The summed E-state index contributed by atoms with van der Waals surface area (Å²) in [6.45, 7) is 2.72. The van der Waals surface area contributed by atoms with Crippen LogP contribution in [-0.2, 0) is 29.5 Å². The first-order chi connectivity index (χ1) is 18.3. The fourth-order valence-electron chi connectivity index (χ4n) is 5.65. The average molecular weight is 540 g/mol. The number of nitrogens with one attached hydrogen (secondary N) is 2. The largest absolute Gasteiger partial charge is 0.390 e. The van der Waals surface area contributed by atoms with E-state index in [-0.39, 0.29) is 17.4 Å². The Kier molecular flexibility index (Phi) is 8.07. The lowest BCUT2D eigenvalue weighted by molar-refractivity contribution is 0.0821. The van der Waals surface area contributed by atoms with Gasteiger partial charge in [-0.1, -0.05) is 56.5 Å². The molecule has 9 heteroatoms. The zero-order valence-electron chi connectivity index (χ0n) is 21.9. The number of aliphatic hydroxyl groups is 1. The molecule has 0 saturated heterocycles. The van der Waals surface area contributed by atoms with Gasteiger partial charge in [0.2, 0.25) is 0 Å². The summed E-state index contributed by atoms with van der Waals surface area (Å²) in [5, 5.41) is 18.5. The van der Waals surface area contributed by atoms with Crippen molar-refractivity contribution >= 4 is 26.9 Å². The van der Waals surface area contributed by atoms with Crippen LogP contribution in [-0.4, -0.2) is 54.5 Å². The van der Waals surface area contributed by atoms with Crippen molar-refractivity contribution in [1.82, 2.24) is 15.2 Å². The maximum atomic E-state index is 13.6. The molecule has 1 fully saturated rings. The molecule has 0 radical (unpaired) electrons. The molecule has 0 spiro atoms. The van der Waals surface area contributed by atoms with E-state index in [4.69, 9.17) is 4.18 Å². The monoisotopic (exact) mass is 539 g/mol. The Morgan fingerprint density at radius 1 is 1.16 bits per heavy atom. The summed E-state index contributed by atoms with van der Waals surface area (Å²) >= 11 is 0. The summed E-state index contributed by atoms with van der Waals surface area (Å²) in [5.41, 5.74) is 3.03. The number of amides is 1. The minimum atomic E-state index is -3.76. The van der Waals surface area contributed by atoms with Crippen LogP contribution in [0.3, 0.4) is 0 Å². The molecule has 1 saturated carbocycles. The number of aromatic nitrogens is 1. The molecule has 8 nitrogen and oxygen atoms in total. The van der Waals surface area contributed by atoms with Gasteiger partial charge in [-0.05, 0) is 48.9 Å². The highest BCUT2D eigenvalue weighted by Gasteiger charge is 2.28. The standard InChI is InChI=1S/C29H37N3O5S/c1-2-21-19-32-13-14-38(35,36)37-27-17-22(16-24(21)28(27)32)29(34)31-25(15-20-9-5-3-6-10-20)26(33)18-30-23-11-7-4-8-12-23/h3,5-6,9-10,16-17,19,23,25-26,30,33H,2,4,7-8,11-15,18H2,1H3,(H,31,34)/t25-,26+/m0/s1. The van der Waals surface area contributed by atoms with Crippen LogP contribution in [0.15, 0.2) is 48.7 Å². The summed E-state index contributed by atoms with van der Waals surface area (Å²) < 4.78 is 32.1. The van der Waals surface area contributed by atoms with Gasteiger partial charge in [0.15, 0.2) is 5.75 Å². The summed E-state index contributed by atoms with van der Waals surface area (Å²) in [6.07, 6.45) is 8.22. The maximum Gasteiger partial charge on any atom is 0.311 e. The lowest BCUT2D eigenvalue weighted by Crippen LogP contribution is -2.50. The third-order valence-electron chi connectivity index (χ3n) is 7.76. The zero-order valence-corrected chi connectivity index (χ0v) is 22.7. The number of rotatable bonds is 9. The molecule has 3 N–H and O–H groups in total. The lowest BCUT2D eigenvalue weighted by atomic mass is 9.94. The summed E-state index contributed by atoms with van der Waals surface area (Å²) in [4.78, 5) is 13.6. The van der Waals surface area contributed by atoms with Crippen LogP contribution in [0.1, 0.15) is 60.5 Å². The molecule has 5 rings (SSSR count). The van der Waals surface area contributed by atoms with Gasteiger partial charge in [0.1, 0.15) is 5.75 Å². The van der Waals surface area contributed by atoms with Gasteiger partial charge >= 0.3 is 10.1 Å². The average Bonchev–Trinajstić information content (AvgIpc) is 3.22. The van der Waals surface area contributed by atoms with Crippen LogP contribution >= 0.6 is 0 Å². The minimum Gasteiger partial charge on any atom is -0.390 e. The van der Waals surface area contributed by atoms with Gasteiger partial charge in [-0.25, -0.2) is 0 Å². The first-order valence-corrected chi connectivity index (χ1v) is 15.2. The van der Waals surface area contributed by atoms with Gasteiger partial charge in [0.05, 0.1) is 17.7 Å². The van der Waals surface area contributed by atoms with Crippen molar-refractivity contribution in [3.63, 3.8) is 0 Å². The van der Waals surface area contributed by atoms with Crippen molar-refractivity contribution in [1.29, 1.82) is 0 Å². The van der Waals surface area contributed by atoms with E-state index in [1.165, 1.54) is 25.3 Å². The molecule has 2 atom stereocenters. The van der Waals surface area contributed by atoms with Crippen LogP contribution in [0, 0.1) is 0 Å². The van der Waals surface area contributed by atoms with Gasteiger partial charge in [-0.2, -0.15) is 8.42 Å². The van der Waals surface area contributed by atoms with Crippen molar-refractivity contribution in [2.75, 3.05) is 12.3 Å². The normalized spacial score (nSPS) is 18.9. The van der Waals surface area contributed by atoms with E-state index in [9.17, 15) is 18.3 Å². The molecular formula is C29H37N3O5S. The van der Waals surface area contributed by atoms with Crippen molar-refractivity contribution in [2.24, 2.45) is 0 Å². The number of aryl methyl sites for hydroxylation is 2. The van der Waals surface area contributed by atoms with E-state index in [1.807, 2.05) is 48.0 Å². The van der Waals surface area contributed by atoms with E-state index < -0.39 is 22.3 Å². The Morgan fingerprint density at radius 2 is 1.92 bits per heavy atom. The topological polar surface area (TPSA) is 110 Å². The second-order valence-electron chi connectivity index (χ2n) is 10.5. The molecule has 1 aromatic heterocycles. The second-order valence-corrected chi connectivity index (χ2v) is 12.2. The third kappa shape index (κ3) is 6.06. The fourth-order valence-corrected chi connectivity index (χ4v) is 6.56. The van der Waals surface area contributed by atoms with Gasteiger partial charge in [-0.15, -0.1) is 0 Å². The predicted octanol–water partition coefficient (Wildman–Crippen LogP) is 3.55. The Bertz CT molecular complexity index is 1380. The molecule has 38 heavy (non-hydrogen) atoms. The number of carbonyl (C=O) groups is 1. The Labute approximate surface area is 224 Å². The van der Waals surface area contributed by atoms with E-state index in [1.54, 1.807) is 6.07 Å². The Morgan fingerprint density at radius 3 is 2.66 bits per heavy atom. The van der Waals surface area contributed by atoms with Crippen LogP contribution in [0.5, 0.6) is 5.75 Å². The minimum absolute atomic E-state index is 0.129. The number of hydrogen-bond donors (Lipinski definition) is 3. The zero-order chi connectivity index (χ0) is 26.7. The van der Waals surface area contributed by atoms with E-state index in [2.05, 4.69) is 10.6 Å². The molecule has 2 aliphatic rings. The highest BCUT2D eigenvalue weighted by atomic mass is 32.2. The van der Waals surface area contributed by atoms with Crippen LogP contribution in [0.25, 0.3) is 10.9 Å². The fraction of sp³-hybridized carbons (Fsp3) is 0.483. The quantitative estimate of drug-likeness (QED) is 0.359. The predicted molar refractivity (Wildman–Crippen MR) is 148 cm³/mol. The first kappa shape index (κ1) is 26.7. The molecule has 1 amide bonds. The molecule has 0 unspecified atom stereocenters.